The van der Waals surface area contributed by atoms with Gasteiger partial charge in [0.15, 0.2) is 0 Å². The summed E-state index contributed by atoms with van der Waals surface area (Å²) in [4.78, 5) is 29.8. The van der Waals surface area contributed by atoms with E-state index in [1.807, 2.05) is 0 Å². The number of amides is 2. The van der Waals surface area contributed by atoms with Crippen molar-refractivity contribution in [3.63, 3.8) is 0 Å². The van der Waals surface area contributed by atoms with Crippen molar-refractivity contribution in [3.8, 4) is 0 Å². The van der Waals surface area contributed by atoms with Crippen LogP contribution in [0.3, 0.4) is 0 Å². The minimum Gasteiger partial charge on any atom is -0.366 e. The Balaban J connectivity index is 2.03. The highest BCUT2D eigenvalue weighted by Crippen LogP contribution is 2.07. The zero-order valence-corrected chi connectivity index (χ0v) is 10.5. The lowest BCUT2D eigenvalue weighted by Gasteiger charge is -2.06. The third-order valence-electron chi connectivity index (χ3n) is 2.60. The molecule has 0 aliphatic heterocycles. The SMILES string of the molecule is NC(=O)c1ccc(CNc2cncc(C(N)=O)n2)cc1. The second kappa shape index (κ2) is 5.79. The van der Waals surface area contributed by atoms with Crippen molar-refractivity contribution in [2.24, 2.45) is 11.5 Å². The molecule has 20 heavy (non-hydrogen) atoms. The zero-order valence-electron chi connectivity index (χ0n) is 10.5. The van der Waals surface area contributed by atoms with E-state index in [9.17, 15) is 9.59 Å². The molecule has 2 aromatic rings. The Morgan fingerprint density at radius 3 is 2.35 bits per heavy atom. The van der Waals surface area contributed by atoms with Crippen LogP contribution < -0.4 is 16.8 Å². The Morgan fingerprint density at radius 1 is 1.05 bits per heavy atom. The number of nitrogens with one attached hydrogen (secondary N) is 1. The highest BCUT2D eigenvalue weighted by Gasteiger charge is 2.04. The van der Waals surface area contributed by atoms with Crippen LogP contribution in [0.2, 0.25) is 0 Å². The topological polar surface area (TPSA) is 124 Å². The molecule has 0 fully saturated rings. The van der Waals surface area contributed by atoms with E-state index in [0.29, 0.717) is 17.9 Å². The molecule has 0 bridgehead atoms. The number of rotatable bonds is 5. The predicted molar refractivity (Wildman–Crippen MR) is 72.8 cm³/mol. The predicted octanol–water partition coefficient (Wildman–Crippen LogP) is 0.286. The Morgan fingerprint density at radius 2 is 1.75 bits per heavy atom. The van der Waals surface area contributed by atoms with Crippen LogP contribution in [-0.4, -0.2) is 21.8 Å². The second-order valence-electron chi connectivity index (χ2n) is 4.07. The van der Waals surface area contributed by atoms with Gasteiger partial charge in [0, 0.05) is 12.1 Å². The lowest BCUT2D eigenvalue weighted by molar-refractivity contribution is 0.0989. The van der Waals surface area contributed by atoms with Crippen LogP contribution in [0.5, 0.6) is 0 Å². The number of hydrogen-bond acceptors (Lipinski definition) is 5. The molecule has 0 saturated heterocycles. The van der Waals surface area contributed by atoms with E-state index in [0.717, 1.165) is 5.56 Å². The molecule has 1 aromatic heterocycles. The summed E-state index contributed by atoms with van der Waals surface area (Å²) in [6, 6.07) is 6.84. The highest BCUT2D eigenvalue weighted by molar-refractivity contribution is 5.92. The average molecular weight is 271 g/mol. The van der Waals surface area contributed by atoms with E-state index < -0.39 is 11.8 Å². The molecule has 0 radical (unpaired) electrons. The number of carbonyl (C=O) groups excluding carboxylic acids is 2. The van der Waals surface area contributed by atoms with E-state index in [1.165, 1.54) is 12.4 Å². The third kappa shape index (κ3) is 3.29. The molecule has 0 atom stereocenters. The number of aromatic nitrogens is 2. The standard InChI is InChI=1S/C13H13N5O2/c14-12(19)9-3-1-8(2-4-9)5-17-11-7-16-6-10(18-11)13(15)20/h1-4,6-7H,5H2,(H2,14,19)(H2,15,20)(H,17,18). The van der Waals surface area contributed by atoms with Crippen molar-refractivity contribution in [1.29, 1.82) is 0 Å². The van der Waals surface area contributed by atoms with Crippen LogP contribution >= 0.6 is 0 Å². The molecule has 1 heterocycles. The van der Waals surface area contributed by atoms with Crippen molar-refractivity contribution in [1.82, 2.24) is 9.97 Å². The van der Waals surface area contributed by atoms with Gasteiger partial charge in [-0.15, -0.1) is 0 Å². The summed E-state index contributed by atoms with van der Waals surface area (Å²) in [7, 11) is 0. The monoisotopic (exact) mass is 271 g/mol. The van der Waals surface area contributed by atoms with Gasteiger partial charge in [-0.3, -0.25) is 14.6 Å². The summed E-state index contributed by atoms with van der Waals surface area (Å²) in [5.41, 5.74) is 11.8. The molecule has 1 aromatic carbocycles. The number of anilines is 1. The molecule has 2 amide bonds. The number of hydrogen-bond donors (Lipinski definition) is 3. The number of nitrogens with two attached hydrogens (primary N) is 2. The summed E-state index contributed by atoms with van der Waals surface area (Å²) < 4.78 is 0. The Hall–Kier alpha value is -2.96. The third-order valence-corrected chi connectivity index (χ3v) is 2.60. The van der Waals surface area contributed by atoms with Crippen LogP contribution in [0.4, 0.5) is 5.82 Å². The number of primary amides is 2. The largest absolute Gasteiger partial charge is 0.366 e. The molecular weight excluding hydrogens is 258 g/mol. The second-order valence-corrected chi connectivity index (χ2v) is 4.07. The first kappa shape index (κ1) is 13.5. The summed E-state index contributed by atoms with van der Waals surface area (Å²) in [6.07, 6.45) is 2.79. The molecule has 5 N–H and O–H groups in total. The fourth-order valence-electron chi connectivity index (χ4n) is 1.55. The van der Waals surface area contributed by atoms with Gasteiger partial charge in [-0.1, -0.05) is 12.1 Å². The number of benzene rings is 1. The van der Waals surface area contributed by atoms with Crippen molar-refractivity contribution in [2.75, 3.05) is 5.32 Å². The molecule has 7 nitrogen and oxygen atoms in total. The maximum atomic E-state index is 11.0. The zero-order chi connectivity index (χ0) is 14.5. The first-order valence-corrected chi connectivity index (χ1v) is 5.81. The first-order valence-electron chi connectivity index (χ1n) is 5.81. The molecule has 0 unspecified atom stereocenters. The molecule has 7 heteroatoms. The summed E-state index contributed by atoms with van der Waals surface area (Å²) in [6.45, 7) is 0.468. The molecule has 102 valence electrons. The van der Waals surface area contributed by atoms with Gasteiger partial charge in [-0.05, 0) is 17.7 Å². The Bertz CT molecular complexity index is 639. The molecule has 2 rings (SSSR count). The van der Waals surface area contributed by atoms with Crippen LogP contribution in [0.25, 0.3) is 0 Å². The van der Waals surface area contributed by atoms with Gasteiger partial charge in [-0.25, -0.2) is 4.98 Å². The van der Waals surface area contributed by atoms with Crippen LogP contribution in [-0.2, 0) is 6.54 Å². The summed E-state index contributed by atoms with van der Waals surface area (Å²) in [5.74, 6) is -0.656. The van der Waals surface area contributed by atoms with Gasteiger partial charge in [-0.2, -0.15) is 0 Å². The fraction of sp³-hybridized carbons (Fsp3) is 0.0769. The van der Waals surface area contributed by atoms with Gasteiger partial charge in [0.2, 0.25) is 5.91 Å². The highest BCUT2D eigenvalue weighted by atomic mass is 16.1. The summed E-state index contributed by atoms with van der Waals surface area (Å²) >= 11 is 0. The van der Waals surface area contributed by atoms with Gasteiger partial charge >= 0.3 is 0 Å². The average Bonchev–Trinajstić information content (AvgIpc) is 2.46. The summed E-state index contributed by atoms with van der Waals surface area (Å²) in [5, 5.41) is 3.01. The van der Waals surface area contributed by atoms with Crippen molar-refractivity contribution in [2.45, 2.75) is 6.54 Å². The molecule has 0 aliphatic carbocycles. The Kier molecular flexibility index (Phi) is 3.90. The van der Waals surface area contributed by atoms with Crippen molar-refractivity contribution < 1.29 is 9.59 Å². The minimum absolute atomic E-state index is 0.0964. The van der Waals surface area contributed by atoms with E-state index >= 15 is 0 Å². The maximum absolute atomic E-state index is 11.0. The fourth-order valence-corrected chi connectivity index (χ4v) is 1.55. The molecule has 0 saturated carbocycles. The van der Waals surface area contributed by atoms with Gasteiger partial charge < -0.3 is 16.8 Å². The molecule has 0 spiro atoms. The first-order chi connectivity index (χ1) is 9.56. The number of carbonyl (C=O) groups is 2. The van der Waals surface area contributed by atoms with E-state index in [2.05, 4.69) is 15.3 Å². The van der Waals surface area contributed by atoms with E-state index in [1.54, 1.807) is 24.3 Å². The Labute approximate surface area is 115 Å². The molecule has 0 aliphatic rings. The quantitative estimate of drug-likeness (QED) is 0.720. The smallest absolute Gasteiger partial charge is 0.268 e. The maximum Gasteiger partial charge on any atom is 0.268 e. The lowest BCUT2D eigenvalue weighted by Crippen LogP contribution is -2.14. The van der Waals surface area contributed by atoms with E-state index in [4.69, 9.17) is 11.5 Å². The lowest BCUT2D eigenvalue weighted by atomic mass is 10.1. The van der Waals surface area contributed by atoms with Crippen LogP contribution in [0.1, 0.15) is 26.4 Å². The van der Waals surface area contributed by atoms with E-state index in [-0.39, 0.29) is 5.69 Å². The van der Waals surface area contributed by atoms with Crippen molar-refractivity contribution >= 4 is 17.6 Å². The van der Waals surface area contributed by atoms with Crippen LogP contribution in [0.15, 0.2) is 36.7 Å². The van der Waals surface area contributed by atoms with Gasteiger partial charge in [0.1, 0.15) is 11.5 Å². The van der Waals surface area contributed by atoms with Crippen LogP contribution in [0, 0.1) is 0 Å². The normalized spacial score (nSPS) is 10.0. The van der Waals surface area contributed by atoms with Gasteiger partial charge in [0.05, 0.1) is 12.4 Å². The molecular formula is C13H13N5O2. The van der Waals surface area contributed by atoms with Gasteiger partial charge in [0.25, 0.3) is 5.91 Å². The minimum atomic E-state index is -0.632. The number of nitrogens with zero attached hydrogens (tertiary/aromatic N) is 2. The van der Waals surface area contributed by atoms with Crippen molar-refractivity contribution in [3.05, 3.63) is 53.5 Å².